The number of nitrogens with one attached hydrogen (secondary N) is 2. The maximum absolute atomic E-state index is 8.58. The Hall–Kier alpha value is -1.59. The maximum atomic E-state index is 8.58. The summed E-state index contributed by atoms with van der Waals surface area (Å²) in [5.74, 6) is 0. The summed E-state index contributed by atoms with van der Waals surface area (Å²) in [6, 6.07) is 0. The molecule has 0 unspecified atom stereocenters. The smallest absolute Gasteiger partial charge is 0.204 e. The van der Waals surface area contributed by atoms with Crippen LogP contribution in [0.3, 0.4) is 0 Å². The molecule has 0 atom stereocenters. The predicted octanol–water partition coefficient (Wildman–Crippen LogP) is -1.83. The molecule has 1 rings (SSSR count). The molecule has 1 amide bonds. The van der Waals surface area contributed by atoms with Gasteiger partial charge in [-0.25, -0.2) is 11.1 Å². The van der Waals surface area contributed by atoms with Crippen LogP contribution in [0.5, 0.6) is 0 Å². The van der Waals surface area contributed by atoms with E-state index in [1.807, 2.05) is 0 Å². The number of hydrogen-bond acceptors (Lipinski definition) is 5. The van der Waals surface area contributed by atoms with Crippen molar-refractivity contribution in [3.05, 3.63) is 0 Å². The van der Waals surface area contributed by atoms with Crippen molar-refractivity contribution in [2.75, 3.05) is 0 Å². The van der Waals surface area contributed by atoms with Crippen LogP contribution in [0.4, 0.5) is 0 Å². The van der Waals surface area contributed by atoms with Crippen molar-refractivity contribution in [3.8, 4) is 0 Å². The molecular weight excluding hydrogens is 122 g/mol. The normalized spacial score (nSPS) is 12.0. The van der Waals surface area contributed by atoms with Crippen LogP contribution < -0.4 is 16.8 Å². The van der Waals surface area contributed by atoms with E-state index < -0.39 is 0 Å². The minimum absolute atomic E-state index is 0.250. The highest BCUT2D eigenvalue weighted by molar-refractivity contribution is 6.16. The fraction of sp³-hybridized carbons (Fsp3) is 0. The molecule has 0 bridgehead atoms. The molecule has 4 N–H and O–H groups in total. The average Bonchev–Trinajstić information content (AvgIpc) is 1.93. The van der Waals surface area contributed by atoms with Gasteiger partial charge < -0.3 is 5.73 Å². The van der Waals surface area contributed by atoms with E-state index in [1.54, 1.807) is 12.4 Å². The highest BCUT2D eigenvalue weighted by Gasteiger charge is 1.71. The van der Waals surface area contributed by atoms with E-state index in [4.69, 9.17) is 4.79 Å². The number of carbonyl (C=O) groups is 1. The predicted molar refractivity (Wildman–Crippen MR) is 33.5 cm³/mol. The molecule has 0 aliphatic carbocycles. The molecule has 0 aromatic heterocycles. The number of nitrogens with two attached hydrogens (primary N) is 1. The van der Waals surface area contributed by atoms with Gasteiger partial charge in [-0.05, 0) is 0 Å². The standard InChI is InChI=1S/C2H4N4.CH3NO/c1-2-4-6-5-3-1;2-1-3/h1-2,5-6H;1H,(H2,2,3). The first kappa shape index (κ1) is 7.41. The first-order valence-electron chi connectivity index (χ1n) is 2.12. The van der Waals surface area contributed by atoms with E-state index in [9.17, 15) is 0 Å². The van der Waals surface area contributed by atoms with Gasteiger partial charge in [0, 0.05) is 0 Å². The van der Waals surface area contributed by atoms with Gasteiger partial charge in [-0.2, -0.15) is 10.2 Å². The van der Waals surface area contributed by atoms with E-state index in [1.165, 1.54) is 0 Å². The Labute approximate surface area is 51.8 Å². The van der Waals surface area contributed by atoms with Crippen molar-refractivity contribution in [1.82, 2.24) is 11.1 Å². The number of nitrogens with zero attached hydrogens (tertiary/aromatic N) is 2. The number of hydrogen-bond donors (Lipinski definition) is 3. The summed E-state index contributed by atoms with van der Waals surface area (Å²) in [7, 11) is 0. The van der Waals surface area contributed by atoms with Crippen LogP contribution >= 0.6 is 0 Å². The highest BCUT2D eigenvalue weighted by Crippen LogP contribution is 1.57. The van der Waals surface area contributed by atoms with Gasteiger partial charge in [-0.15, -0.1) is 0 Å². The van der Waals surface area contributed by atoms with Crippen LogP contribution in [0.2, 0.25) is 0 Å². The summed E-state index contributed by atoms with van der Waals surface area (Å²) in [6.45, 7) is 0. The summed E-state index contributed by atoms with van der Waals surface area (Å²) in [4.78, 5) is 8.58. The van der Waals surface area contributed by atoms with E-state index in [0.29, 0.717) is 0 Å². The first-order valence-corrected chi connectivity index (χ1v) is 2.12. The summed E-state index contributed by atoms with van der Waals surface area (Å²) in [6.07, 6.45) is 3.35. The molecule has 6 nitrogen and oxygen atoms in total. The second-order valence-corrected chi connectivity index (χ2v) is 0.916. The van der Waals surface area contributed by atoms with Crippen molar-refractivity contribution in [3.63, 3.8) is 0 Å². The summed E-state index contributed by atoms with van der Waals surface area (Å²) in [5.41, 5.74) is 8.98. The van der Waals surface area contributed by atoms with E-state index >= 15 is 0 Å². The Morgan fingerprint density at radius 3 is 1.78 bits per heavy atom. The molecule has 0 fully saturated rings. The molecule has 1 aliphatic rings. The summed E-state index contributed by atoms with van der Waals surface area (Å²) < 4.78 is 0. The minimum Gasteiger partial charge on any atom is -0.372 e. The number of hydrazone groups is 2. The van der Waals surface area contributed by atoms with E-state index in [-0.39, 0.29) is 6.41 Å². The maximum Gasteiger partial charge on any atom is 0.204 e. The third-order valence-corrected chi connectivity index (χ3v) is 0.395. The molecule has 0 saturated carbocycles. The summed E-state index contributed by atoms with van der Waals surface area (Å²) in [5, 5.41) is 7.08. The third-order valence-electron chi connectivity index (χ3n) is 0.395. The van der Waals surface area contributed by atoms with Gasteiger partial charge >= 0.3 is 0 Å². The van der Waals surface area contributed by atoms with Gasteiger partial charge in [0.05, 0.1) is 12.4 Å². The lowest BCUT2D eigenvalue weighted by atomic mass is 10.8. The molecule has 6 heteroatoms. The van der Waals surface area contributed by atoms with Crippen LogP contribution in [0.1, 0.15) is 0 Å². The largest absolute Gasteiger partial charge is 0.372 e. The first-order chi connectivity index (χ1) is 4.41. The number of primary amides is 1. The van der Waals surface area contributed by atoms with Crippen molar-refractivity contribution in [1.29, 1.82) is 0 Å². The van der Waals surface area contributed by atoms with E-state index in [2.05, 4.69) is 27.0 Å². The molecule has 0 saturated heterocycles. The number of carbonyl (C=O) groups excluding carboxylic acids is 1. The zero-order valence-electron chi connectivity index (χ0n) is 4.61. The number of rotatable bonds is 0. The lowest BCUT2D eigenvalue weighted by Gasteiger charge is -1.96. The molecule has 50 valence electrons. The van der Waals surface area contributed by atoms with Crippen molar-refractivity contribution in [2.24, 2.45) is 15.9 Å². The van der Waals surface area contributed by atoms with Crippen molar-refractivity contribution in [2.45, 2.75) is 0 Å². The molecule has 1 heterocycles. The Morgan fingerprint density at radius 2 is 1.67 bits per heavy atom. The lowest BCUT2D eigenvalue weighted by Crippen LogP contribution is -2.24. The quantitative estimate of drug-likeness (QED) is 0.336. The Morgan fingerprint density at radius 1 is 1.33 bits per heavy atom. The Balaban J connectivity index is 0.000000187. The molecule has 0 spiro atoms. The van der Waals surface area contributed by atoms with Gasteiger partial charge in [0.15, 0.2) is 0 Å². The van der Waals surface area contributed by atoms with E-state index in [0.717, 1.165) is 0 Å². The van der Waals surface area contributed by atoms with Crippen molar-refractivity contribution >= 4 is 18.8 Å². The molecule has 1 aliphatic heterocycles. The zero-order chi connectivity index (χ0) is 6.95. The molecule has 0 aromatic rings. The fourth-order valence-corrected chi connectivity index (χ4v) is 0.199. The Kier molecular flexibility index (Phi) is 5.28. The van der Waals surface area contributed by atoms with Crippen LogP contribution in [-0.4, -0.2) is 18.8 Å². The SMILES string of the molecule is C1=NNNN=C1.NC=O. The van der Waals surface area contributed by atoms with Crippen LogP contribution in [0, 0.1) is 0 Å². The minimum atomic E-state index is 0.250. The van der Waals surface area contributed by atoms with Crippen LogP contribution in [0.25, 0.3) is 0 Å². The third kappa shape index (κ3) is 6.41. The second kappa shape index (κ2) is 6.41. The molecule has 0 radical (unpaired) electrons. The molecule has 0 aromatic carbocycles. The van der Waals surface area contributed by atoms with Crippen molar-refractivity contribution < 1.29 is 4.79 Å². The van der Waals surface area contributed by atoms with Gasteiger partial charge in [-0.1, -0.05) is 0 Å². The molecule has 9 heavy (non-hydrogen) atoms. The van der Waals surface area contributed by atoms with Gasteiger partial charge in [0.1, 0.15) is 0 Å². The average molecular weight is 129 g/mol. The lowest BCUT2D eigenvalue weighted by molar-refractivity contribution is -0.106. The van der Waals surface area contributed by atoms with Gasteiger partial charge in [0.25, 0.3) is 0 Å². The second-order valence-electron chi connectivity index (χ2n) is 0.916. The number of amides is 1. The molecular formula is C3H7N5O. The highest BCUT2D eigenvalue weighted by atomic mass is 16.1. The van der Waals surface area contributed by atoms with Crippen LogP contribution in [-0.2, 0) is 4.79 Å². The summed E-state index contributed by atoms with van der Waals surface area (Å²) >= 11 is 0. The number of hydrazine groups is 1. The topological polar surface area (TPSA) is 91.9 Å². The Bertz CT molecular complexity index is 107. The van der Waals surface area contributed by atoms with Gasteiger partial charge in [-0.3, -0.25) is 4.79 Å². The van der Waals surface area contributed by atoms with Crippen LogP contribution in [0.15, 0.2) is 10.2 Å². The monoisotopic (exact) mass is 129 g/mol. The fourth-order valence-electron chi connectivity index (χ4n) is 0.199. The van der Waals surface area contributed by atoms with Gasteiger partial charge in [0.2, 0.25) is 6.41 Å². The zero-order valence-corrected chi connectivity index (χ0v) is 4.61.